The topological polar surface area (TPSA) is 75.6 Å². The number of aromatic nitrogens is 2. The van der Waals surface area contributed by atoms with Crippen molar-refractivity contribution in [1.29, 1.82) is 5.41 Å². The van der Waals surface area contributed by atoms with Crippen molar-refractivity contribution in [3.8, 4) is 5.75 Å². The number of halogens is 1. The van der Waals surface area contributed by atoms with Gasteiger partial charge >= 0.3 is 0 Å². The van der Waals surface area contributed by atoms with Crippen molar-refractivity contribution < 1.29 is 27.0 Å². The highest BCUT2D eigenvalue weighted by Gasteiger charge is 2.16. The van der Waals surface area contributed by atoms with E-state index in [9.17, 15) is 5.11 Å². The number of aliphatic hydroxyl groups excluding tert-OH is 1. The molecule has 1 aromatic heterocycles. The van der Waals surface area contributed by atoms with Gasteiger partial charge in [0.2, 0.25) is 5.62 Å². The molecule has 2 heterocycles. The molecule has 8 heteroatoms. The van der Waals surface area contributed by atoms with Crippen LogP contribution in [0.5, 0.6) is 5.75 Å². The minimum absolute atomic E-state index is 0. The van der Waals surface area contributed by atoms with Crippen LogP contribution >= 0.6 is 0 Å². The Morgan fingerprint density at radius 2 is 1.57 bits per heavy atom. The summed E-state index contributed by atoms with van der Waals surface area (Å²) in [5, 5.41) is 19.2. The highest BCUT2D eigenvalue weighted by molar-refractivity contribution is 5.75. The third-order valence-electron chi connectivity index (χ3n) is 5.30. The van der Waals surface area contributed by atoms with Crippen molar-refractivity contribution >= 4 is 11.0 Å². The lowest BCUT2D eigenvalue weighted by Gasteiger charge is -2.26. The summed E-state index contributed by atoms with van der Waals surface area (Å²) in [4.78, 5) is 2.37. The van der Waals surface area contributed by atoms with E-state index in [1.165, 1.54) is 0 Å². The molecule has 2 N–H and O–H groups in total. The van der Waals surface area contributed by atoms with E-state index in [0.29, 0.717) is 12.2 Å². The van der Waals surface area contributed by atoms with E-state index in [1.54, 1.807) is 0 Å². The van der Waals surface area contributed by atoms with Crippen molar-refractivity contribution in [2.24, 2.45) is 0 Å². The van der Waals surface area contributed by atoms with Gasteiger partial charge in [-0.3, -0.25) is 10.3 Å². The molecule has 0 aliphatic carbocycles. The first-order valence-electron chi connectivity index (χ1n) is 10.1. The van der Waals surface area contributed by atoms with Gasteiger partial charge in [-0.15, -0.1) is 0 Å². The molecule has 1 aliphatic heterocycles. The maximum absolute atomic E-state index is 10.5. The molecule has 0 bridgehead atoms. The Balaban J connectivity index is 0.00000256. The average Bonchev–Trinajstić information content (AvgIpc) is 3.03. The summed E-state index contributed by atoms with van der Waals surface area (Å²) in [7, 11) is 0. The highest BCUT2D eigenvalue weighted by Crippen LogP contribution is 2.14. The largest absolute Gasteiger partial charge is 1.00 e. The van der Waals surface area contributed by atoms with Crippen LogP contribution in [0.4, 0.5) is 0 Å². The number of hydrogen-bond acceptors (Lipinski definition) is 5. The molecule has 1 aliphatic rings. The van der Waals surface area contributed by atoms with Gasteiger partial charge in [0.25, 0.3) is 0 Å². The molecule has 1 atom stereocenters. The molecule has 162 valence electrons. The van der Waals surface area contributed by atoms with Gasteiger partial charge in [-0.1, -0.05) is 30.3 Å². The average molecular weight is 432 g/mol. The van der Waals surface area contributed by atoms with Crippen LogP contribution in [0.15, 0.2) is 54.6 Å². The number of rotatable bonds is 8. The van der Waals surface area contributed by atoms with Crippen LogP contribution in [0.3, 0.4) is 0 Å². The van der Waals surface area contributed by atoms with E-state index < -0.39 is 6.10 Å². The van der Waals surface area contributed by atoms with Gasteiger partial charge in [-0.25, -0.2) is 0 Å². The first kappa shape index (κ1) is 22.4. The number of imidazole rings is 1. The van der Waals surface area contributed by atoms with E-state index in [0.717, 1.165) is 56.2 Å². The van der Waals surface area contributed by atoms with Crippen molar-refractivity contribution in [2.45, 2.75) is 19.2 Å². The van der Waals surface area contributed by atoms with Crippen molar-refractivity contribution in [1.82, 2.24) is 14.0 Å². The van der Waals surface area contributed by atoms with Gasteiger partial charge in [0.15, 0.2) is 0 Å². The van der Waals surface area contributed by atoms with E-state index in [-0.39, 0.29) is 19.0 Å². The van der Waals surface area contributed by atoms with Gasteiger partial charge in [0.1, 0.15) is 18.5 Å². The Kier molecular flexibility index (Phi) is 7.93. The molecule has 30 heavy (non-hydrogen) atoms. The fourth-order valence-corrected chi connectivity index (χ4v) is 3.74. The molecule has 2 aromatic carbocycles. The van der Waals surface area contributed by atoms with Crippen LogP contribution in [0.2, 0.25) is 0 Å². The predicted molar refractivity (Wildman–Crippen MR) is 111 cm³/mol. The van der Waals surface area contributed by atoms with E-state index >= 15 is 0 Å². The molecular formula is C22H28ClN4O3-. The monoisotopic (exact) mass is 431 g/mol. The summed E-state index contributed by atoms with van der Waals surface area (Å²) < 4.78 is 15.0. The molecule has 1 fully saturated rings. The zero-order valence-electron chi connectivity index (χ0n) is 16.9. The Morgan fingerprint density at radius 1 is 0.933 bits per heavy atom. The third kappa shape index (κ3) is 5.23. The predicted octanol–water partition coefficient (Wildman–Crippen LogP) is -1.30. The molecule has 1 unspecified atom stereocenters. The molecular weight excluding hydrogens is 404 g/mol. The smallest absolute Gasteiger partial charge is 0.203 e. The maximum Gasteiger partial charge on any atom is 0.203 e. The first-order valence-corrected chi connectivity index (χ1v) is 10.1. The number of nitrogens with zero attached hydrogens (tertiary/aromatic N) is 3. The minimum Gasteiger partial charge on any atom is -1.00 e. The van der Waals surface area contributed by atoms with Crippen molar-refractivity contribution in [3.63, 3.8) is 0 Å². The number of nitrogens with one attached hydrogen (secondary N) is 1. The summed E-state index contributed by atoms with van der Waals surface area (Å²) in [6, 6.07) is 17.5. The fourth-order valence-electron chi connectivity index (χ4n) is 3.74. The van der Waals surface area contributed by atoms with Crippen LogP contribution in [-0.4, -0.2) is 64.7 Å². The van der Waals surface area contributed by atoms with Gasteiger partial charge in [0, 0.05) is 26.2 Å². The number of morpholine rings is 1. The second-order valence-electron chi connectivity index (χ2n) is 7.31. The van der Waals surface area contributed by atoms with Crippen LogP contribution in [0, 0.1) is 5.41 Å². The number of fused-ring (bicyclic) bond motifs is 1. The number of hydrogen-bond donors (Lipinski definition) is 2. The number of para-hydroxylation sites is 3. The Hall–Kier alpha value is -2.32. The fraction of sp³-hybridized carbons (Fsp3) is 0.409. The molecule has 3 aromatic rings. The van der Waals surface area contributed by atoms with Crippen molar-refractivity contribution in [3.05, 3.63) is 60.2 Å². The SMILES string of the molecule is N=c1n(CCN2CCOCC2)c2ccccc2n1CC(O)COc1ccccc1.[Cl-]. The van der Waals surface area contributed by atoms with E-state index in [4.69, 9.17) is 14.9 Å². The molecule has 0 amide bonds. The van der Waals surface area contributed by atoms with Crippen LogP contribution in [0.25, 0.3) is 11.0 Å². The quantitative estimate of drug-likeness (QED) is 0.465. The molecule has 0 saturated carbocycles. The van der Waals surface area contributed by atoms with E-state index in [2.05, 4.69) is 4.90 Å². The third-order valence-corrected chi connectivity index (χ3v) is 5.30. The summed E-state index contributed by atoms with van der Waals surface area (Å²) in [6.45, 7) is 5.53. The summed E-state index contributed by atoms with van der Waals surface area (Å²) in [5.74, 6) is 0.732. The maximum atomic E-state index is 10.5. The Bertz CT molecular complexity index is 983. The Morgan fingerprint density at radius 3 is 2.27 bits per heavy atom. The van der Waals surface area contributed by atoms with Crippen LogP contribution in [0.1, 0.15) is 0 Å². The summed E-state index contributed by atoms with van der Waals surface area (Å²) >= 11 is 0. The second kappa shape index (κ2) is 10.6. The number of benzene rings is 2. The number of aliphatic hydroxyl groups is 1. The minimum atomic E-state index is -0.706. The van der Waals surface area contributed by atoms with Crippen LogP contribution < -0.4 is 22.8 Å². The zero-order chi connectivity index (χ0) is 20.1. The Labute approximate surface area is 182 Å². The zero-order valence-corrected chi connectivity index (χ0v) is 17.7. The summed E-state index contributed by atoms with van der Waals surface area (Å²) in [5.41, 5.74) is 2.37. The molecule has 1 saturated heterocycles. The van der Waals surface area contributed by atoms with Gasteiger partial charge in [0.05, 0.1) is 30.8 Å². The van der Waals surface area contributed by atoms with Gasteiger partial charge in [-0.2, -0.15) is 0 Å². The molecule has 0 radical (unpaired) electrons. The first-order chi connectivity index (χ1) is 14.2. The summed E-state index contributed by atoms with van der Waals surface area (Å²) in [6.07, 6.45) is -0.706. The lowest BCUT2D eigenvalue weighted by atomic mass is 10.3. The van der Waals surface area contributed by atoms with E-state index in [1.807, 2.05) is 63.7 Å². The van der Waals surface area contributed by atoms with Gasteiger partial charge < -0.3 is 36.1 Å². The normalized spacial score (nSPS) is 15.6. The van der Waals surface area contributed by atoms with Crippen molar-refractivity contribution in [2.75, 3.05) is 39.5 Å². The molecule has 4 rings (SSSR count). The molecule has 0 spiro atoms. The standard InChI is InChI=1S/C22H28N4O3.ClH/c23-22-25(11-10-24-12-14-28-15-13-24)20-8-4-5-9-21(20)26(22)16-18(27)17-29-19-6-2-1-3-7-19;/h1-9,18,23,27H,10-17H2;1H/p-1. The van der Waals surface area contributed by atoms with Crippen LogP contribution in [-0.2, 0) is 17.8 Å². The lowest BCUT2D eigenvalue weighted by molar-refractivity contribution is -0.00000970. The second-order valence-corrected chi connectivity index (χ2v) is 7.31. The molecule has 7 nitrogen and oxygen atoms in total. The number of ether oxygens (including phenoxy) is 2. The van der Waals surface area contributed by atoms with Gasteiger partial charge in [-0.05, 0) is 24.3 Å². The highest BCUT2D eigenvalue weighted by atomic mass is 35.5. The lowest BCUT2D eigenvalue weighted by Crippen LogP contribution is -3.00.